The Labute approximate surface area is 286 Å². The lowest BCUT2D eigenvalue weighted by molar-refractivity contribution is -0.139. The van der Waals surface area contributed by atoms with Gasteiger partial charge in [0.25, 0.3) is 5.56 Å². The number of esters is 1. The molecule has 7 nitrogen and oxygen atoms in total. The van der Waals surface area contributed by atoms with Gasteiger partial charge in [-0.25, -0.2) is 9.79 Å². The molecule has 0 fully saturated rings. The second kappa shape index (κ2) is 13.8. The van der Waals surface area contributed by atoms with Crippen molar-refractivity contribution in [2.45, 2.75) is 46.4 Å². The molecule has 1 aliphatic heterocycles. The Morgan fingerprint density at radius 1 is 1.04 bits per heavy atom. The monoisotopic (exact) mass is 686 g/mol. The van der Waals surface area contributed by atoms with E-state index in [1.165, 1.54) is 15.9 Å². The van der Waals surface area contributed by atoms with E-state index in [-0.39, 0.29) is 30.5 Å². The number of rotatable bonds is 9. The number of halogens is 2. The van der Waals surface area contributed by atoms with Crippen LogP contribution in [0.2, 0.25) is 10.0 Å². The largest absolute Gasteiger partial charge is 0.491 e. The van der Waals surface area contributed by atoms with Gasteiger partial charge in [-0.15, -0.1) is 0 Å². The Morgan fingerprint density at radius 3 is 2.57 bits per heavy atom. The number of ether oxygens (including phenoxy) is 3. The summed E-state index contributed by atoms with van der Waals surface area (Å²) in [6.07, 6.45) is 1.57. The van der Waals surface area contributed by atoms with Gasteiger partial charge in [-0.1, -0.05) is 95.2 Å². The quantitative estimate of drug-likeness (QED) is 0.149. The SMILES string of the molecule is CCOC(=O)C1=C(C)N=c2s/c(=C\c3cc(Cl)cc(Cl)c3OCc3cccc4ccccc34)c(=O)n2[C@H]1c1ccccc1OC(C)C. The maximum Gasteiger partial charge on any atom is 0.338 e. The fourth-order valence-electron chi connectivity index (χ4n) is 5.70. The van der Waals surface area contributed by atoms with Crippen LogP contribution in [0.25, 0.3) is 16.8 Å². The third-order valence-electron chi connectivity index (χ3n) is 7.67. The van der Waals surface area contributed by atoms with E-state index in [0.29, 0.717) is 47.7 Å². The van der Waals surface area contributed by atoms with E-state index in [1.807, 2.05) is 68.4 Å². The number of hydrogen-bond donors (Lipinski definition) is 0. The van der Waals surface area contributed by atoms with Gasteiger partial charge in [-0.05, 0) is 68.3 Å². The zero-order valence-corrected chi connectivity index (χ0v) is 28.6. The van der Waals surface area contributed by atoms with Gasteiger partial charge in [0.1, 0.15) is 24.1 Å². The summed E-state index contributed by atoms with van der Waals surface area (Å²) in [5.74, 6) is 0.410. The van der Waals surface area contributed by atoms with Crippen LogP contribution in [0.5, 0.6) is 11.5 Å². The average Bonchev–Trinajstić information content (AvgIpc) is 3.33. The molecule has 0 N–H and O–H groups in total. The third-order valence-corrected chi connectivity index (χ3v) is 9.15. The summed E-state index contributed by atoms with van der Waals surface area (Å²) >= 11 is 14.4. The molecule has 5 aromatic rings. The summed E-state index contributed by atoms with van der Waals surface area (Å²) in [5.41, 5.74) is 2.57. The molecule has 1 aliphatic rings. The number of carbonyl (C=O) groups is 1. The number of benzene rings is 4. The van der Waals surface area contributed by atoms with Crippen LogP contribution < -0.4 is 24.4 Å². The summed E-state index contributed by atoms with van der Waals surface area (Å²) in [6.45, 7) is 7.76. The van der Waals surface area contributed by atoms with Crippen LogP contribution in [0.3, 0.4) is 0 Å². The first kappa shape index (κ1) is 32.6. The molecule has 1 aromatic heterocycles. The Kier molecular flexibility index (Phi) is 9.55. The van der Waals surface area contributed by atoms with Gasteiger partial charge in [0.2, 0.25) is 0 Å². The highest BCUT2D eigenvalue weighted by Gasteiger charge is 2.35. The molecule has 0 saturated heterocycles. The van der Waals surface area contributed by atoms with Crippen LogP contribution in [0.4, 0.5) is 0 Å². The molecule has 47 heavy (non-hydrogen) atoms. The molecule has 0 amide bonds. The predicted octanol–water partition coefficient (Wildman–Crippen LogP) is 7.62. The van der Waals surface area contributed by atoms with Gasteiger partial charge in [-0.3, -0.25) is 9.36 Å². The van der Waals surface area contributed by atoms with Gasteiger partial charge in [0.05, 0.1) is 33.5 Å². The molecule has 1 atom stereocenters. The maximum absolute atomic E-state index is 14.3. The van der Waals surface area contributed by atoms with E-state index in [0.717, 1.165) is 16.3 Å². The molecule has 6 rings (SSSR count). The van der Waals surface area contributed by atoms with E-state index in [1.54, 1.807) is 32.1 Å². The molecular weight excluding hydrogens is 655 g/mol. The van der Waals surface area contributed by atoms with Crippen LogP contribution in [-0.4, -0.2) is 23.2 Å². The number of thiazole rings is 1. The summed E-state index contributed by atoms with van der Waals surface area (Å²) in [6, 6.07) is 24.0. The summed E-state index contributed by atoms with van der Waals surface area (Å²) in [4.78, 5) is 32.9. The molecule has 10 heteroatoms. The topological polar surface area (TPSA) is 79.1 Å². The van der Waals surface area contributed by atoms with Gasteiger partial charge in [0.15, 0.2) is 4.80 Å². The van der Waals surface area contributed by atoms with Crippen molar-refractivity contribution in [3.05, 3.63) is 137 Å². The minimum absolute atomic E-state index is 0.136. The zero-order valence-electron chi connectivity index (χ0n) is 26.3. The van der Waals surface area contributed by atoms with Gasteiger partial charge in [0, 0.05) is 16.1 Å². The van der Waals surface area contributed by atoms with E-state index < -0.39 is 12.0 Å². The molecule has 0 unspecified atom stereocenters. The third kappa shape index (κ3) is 6.59. The van der Waals surface area contributed by atoms with Crippen LogP contribution in [0.1, 0.15) is 50.4 Å². The van der Waals surface area contributed by atoms with Crippen molar-refractivity contribution in [2.75, 3.05) is 6.61 Å². The fourth-order valence-corrected chi connectivity index (χ4v) is 7.30. The first-order valence-electron chi connectivity index (χ1n) is 15.2. The van der Waals surface area contributed by atoms with E-state index in [2.05, 4.69) is 12.1 Å². The number of fused-ring (bicyclic) bond motifs is 2. The molecule has 0 aliphatic carbocycles. The lowest BCUT2D eigenvalue weighted by Crippen LogP contribution is -2.40. The zero-order chi connectivity index (χ0) is 33.2. The maximum atomic E-state index is 14.3. The number of para-hydroxylation sites is 1. The minimum Gasteiger partial charge on any atom is -0.491 e. The Morgan fingerprint density at radius 2 is 1.79 bits per heavy atom. The van der Waals surface area contributed by atoms with Crippen molar-refractivity contribution in [1.82, 2.24) is 4.57 Å². The molecule has 4 aromatic carbocycles. The standard InChI is InChI=1S/C37H32Cl2N2O5S/c1-5-44-36(43)32-22(4)40-37-41(33(32)28-15-8-9-16-30(28)46-21(2)3)35(42)31(47-37)18-25-17-26(38)19-29(39)34(25)45-20-24-13-10-12-23-11-6-7-14-27(23)24/h6-19,21,33H,5,20H2,1-4H3/b31-18-/t33-/m0/s1. The Bertz CT molecular complexity index is 2220. The van der Waals surface area contributed by atoms with Crippen molar-refractivity contribution in [1.29, 1.82) is 0 Å². The van der Waals surface area contributed by atoms with Gasteiger partial charge < -0.3 is 14.2 Å². The first-order chi connectivity index (χ1) is 22.7. The smallest absolute Gasteiger partial charge is 0.338 e. The number of nitrogens with zero attached hydrogens (tertiary/aromatic N) is 2. The molecule has 0 spiro atoms. The minimum atomic E-state index is -0.826. The first-order valence-corrected chi connectivity index (χ1v) is 16.8. The highest BCUT2D eigenvalue weighted by molar-refractivity contribution is 7.07. The van der Waals surface area contributed by atoms with Gasteiger partial charge in [-0.2, -0.15) is 0 Å². The summed E-state index contributed by atoms with van der Waals surface area (Å²) in [5, 5.41) is 2.88. The molecule has 240 valence electrons. The molecule has 0 saturated carbocycles. The highest BCUT2D eigenvalue weighted by Crippen LogP contribution is 2.37. The van der Waals surface area contributed by atoms with Crippen molar-refractivity contribution >= 4 is 57.4 Å². The number of allylic oxidation sites excluding steroid dienone is 1. The van der Waals surface area contributed by atoms with Crippen LogP contribution >= 0.6 is 34.5 Å². The summed E-state index contributed by atoms with van der Waals surface area (Å²) < 4.78 is 19.8. The number of hydrogen-bond acceptors (Lipinski definition) is 7. The number of aromatic nitrogens is 1. The van der Waals surface area contributed by atoms with Crippen LogP contribution in [-0.2, 0) is 16.1 Å². The van der Waals surface area contributed by atoms with Crippen molar-refractivity contribution in [3.8, 4) is 11.5 Å². The lowest BCUT2D eigenvalue weighted by Gasteiger charge is -2.26. The highest BCUT2D eigenvalue weighted by atomic mass is 35.5. The fraction of sp³-hybridized carbons (Fsp3) is 0.216. The Hall–Kier alpha value is -4.37. The van der Waals surface area contributed by atoms with E-state index >= 15 is 0 Å². The normalized spacial score (nSPS) is 14.7. The molecule has 0 bridgehead atoms. The van der Waals surface area contributed by atoms with Gasteiger partial charge >= 0.3 is 5.97 Å². The van der Waals surface area contributed by atoms with Crippen molar-refractivity contribution in [2.24, 2.45) is 4.99 Å². The Balaban J connectivity index is 1.49. The van der Waals surface area contributed by atoms with E-state index in [4.69, 9.17) is 42.4 Å². The van der Waals surface area contributed by atoms with Crippen molar-refractivity contribution < 1.29 is 19.0 Å². The van der Waals surface area contributed by atoms with Crippen LogP contribution in [0.15, 0.2) is 99.9 Å². The predicted molar refractivity (Wildman–Crippen MR) is 187 cm³/mol. The molecular formula is C37H32Cl2N2O5S. The molecule has 0 radical (unpaired) electrons. The van der Waals surface area contributed by atoms with Crippen molar-refractivity contribution in [3.63, 3.8) is 0 Å². The lowest BCUT2D eigenvalue weighted by atomic mass is 9.95. The number of carbonyl (C=O) groups excluding carboxylic acids is 1. The molecule has 2 heterocycles. The van der Waals surface area contributed by atoms with Crippen LogP contribution in [0, 0.1) is 0 Å². The second-order valence-corrected chi connectivity index (χ2v) is 13.1. The van der Waals surface area contributed by atoms with E-state index in [9.17, 15) is 9.59 Å². The summed E-state index contributed by atoms with van der Waals surface area (Å²) in [7, 11) is 0. The average molecular weight is 688 g/mol. The second-order valence-electron chi connectivity index (χ2n) is 11.2.